The molecule has 1 saturated carbocycles. The highest BCUT2D eigenvalue weighted by molar-refractivity contribution is 5.98. The number of hydrogen-bond acceptors (Lipinski definition) is 4. The monoisotopic (exact) mass is 411 g/mol. The number of aromatic carboxylic acids is 1. The minimum atomic E-state index is -1.32. The SMILES string of the molecule is COc1c(-c2cc3n(c2)CCNC3C)c(F)cc2c(=O)c(C(=O)O)cn(C3CC3)c12. The van der Waals surface area contributed by atoms with Crippen LogP contribution in [0.1, 0.15) is 47.9 Å². The summed E-state index contributed by atoms with van der Waals surface area (Å²) in [5.74, 6) is -1.67. The number of nitrogens with one attached hydrogen (secondary N) is 1. The molecule has 7 nitrogen and oxygen atoms in total. The molecule has 3 heterocycles. The Labute approximate surface area is 171 Å². The van der Waals surface area contributed by atoms with E-state index in [9.17, 15) is 14.7 Å². The van der Waals surface area contributed by atoms with Crippen LogP contribution in [0.4, 0.5) is 4.39 Å². The fraction of sp³-hybridized carbons (Fsp3) is 0.364. The van der Waals surface area contributed by atoms with Crippen LogP contribution in [0.15, 0.2) is 29.3 Å². The third-order valence-electron chi connectivity index (χ3n) is 6.06. The lowest BCUT2D eigenvalue weighted by atomic mass is 10.0. The molecule has 0 radical (unpaired) electrons. The van der Waals surface area contributed by atoms with E-state index in [1.165, 1.54) is 13.3 Å². The molecule has 0 saturated heterocycles. The molecule has 156 valence electrons. The van der Waals surface area contributed by atoms with Crippen molar-refractivity contribution in [3.05, 3.63) is 51.8 Å². The van der Waals surface area contributed by atoms with Gasteiger partial charge < -0.3 is 24.3 Å². The van der Waals surface area contributed by atoms with E-state index in [1.807, 2.05) is 12.3 Å². The van der Waals surface area contributed by atoms with Gasteiger partial charge in [0.05, 0.1) is 23.6 Å². The van der Waals surface area contributed by atoms with Crippen molar-refractivity contribution in [3.8, 4) is 16.9 Å². The highest BCUT2D eigenvalue weighted by Crippen LogP contribution is 2.44. The Morgan fingerprint density at radius 1 is 1.30 bits per heavy atom. The van der Waals surface area contributed by atoms with Crippen LogP contribution in [0.25, 0.3) is 22.0 Å². The van der Waals surface area contributed by atoms with Crippen molar-refractivity contribution in [1.82, 2.24) is 14.5 Å². The van der Waals surface area contributed by atoms with Gasteiger partial charge in [-0.15, -0.1) is 0 Å². The van der Waals surface area contributed by atoms with E-state index < -0.39 is 17.2 Å². The second-order valence-electron chi connectivity index (χ2n) is 8.00. The number of hydrogen-bond donors (Lipinski definition) is 2. The number of fused-ring (bicyclic) bond motifs is 2. The topological polar surface area (TPSA) is 85.5 Å². The maximum Gasteiger partial charge on any atom is 0.341 e. The molecule has 0 bridgehead atoms. The van der Waals surface area contributed by atoms with Gasteiger partial charge in [0, 0.05) is 48.8 Å². The molecule has 1 aromatic carbocycles. The summed E-state index contributed by atoms with van der Waals surface area (Å²) in [7, 11) is 1.45. The standard InChI is InChI=1S/C22H22FN3O4/c1-11-17-7-12(9-25(17)6-5-24-11)18-16(23)8-14-19(21(18)30-2)26(13-3-4-13)10-15(20(14)27)22(28)29/h7-11,13,24H,3-6H2,1-2H3,(H,28,29). The van der Waals surface area contributed by atoms with E-state index in [0.717, 1.165) is 37.7 Å². The minimum absolute atomic E-state index is 0.0268. The van der Waals surface area contributed by atoms with Crippen molar-refractivity contribution < 1.29 is 19.0 Å². The number of nitrogens with zero attached hydrogens (tertiary/aromatic N) is 2. The van der Waals surface area contributed by atoms with E-state index in [4.69, 9.17) is 4.74 Å². The number of pyridine rings is 1. The van der Waals surface area contributed by atoms with Crippen molar-refractivity contribution in [2.24, 2.45) is 0 Å². The van der Waals surface area contributed by atoms with Crippen LogP contribution in [0.2, 0.25) is 0 Å². The average Bonchev–Trinajstić information content (AvgIpc) is 3.46. The number of methoxy groups -OCH3 is 1. The van der Waals surface area contributed by atoms with Crippen LogP contribution >= 0.6 is 0 Å². The van der Waals surface area contributed by atoms with E-state index in [2.05, 4.69) is 16.8 Å². The van der Waals surface area contributed by atoms with E-state index in [-0.39, 0.29) is 34.3 Å². The molecule has 2 aromatic heterocycles. The zero-order valence-electron chi connectivity index (χ0n) is 16.7. The van der Waals surface area contributed by atoms with Crippen molar-refractivity contribution >= 4 is 16.9 Å². The molecule has 2 aliphatic rings. The molecule has 1 aliphatic carbocycles. The van der Waals surface area contributed by atoms with Crippen LogP contribution in [0, 0.1) is 5.82 Å². The Hall–Kier alpha value is -3.13. The third kappa shape index (κ3) is 2.74. The van der Waals surface area contributed by atoms with E-state index in [0.29, 0.717) is 11.1 Å². The van der Waals surface area contributed by atoms with Crippen LogP contribution in [-0.2, 0) is 6.54 Å². The fourth-order valence-electron chi connectivity index (χ4n) is 4.45. The van der Waals surface area contributed by atoms with Crippen LogP contribution in [-0.4, -0.2) is 33.9 Å². The van der Waals surface area contributed by atoms with E-state index >= 15 is 4.39 Å². The molecule has 30 heavy (non-hydrogen) atoms. The van der Waals surface area contributed by atoms with Gasteiger partial charge in [-0.3, -0.25) is 4.79 Å². The lowest BCUT2D eigenvalue weighted by molar-refractivity contribution is 0.0695. The molecule has 2 N–H and O–H groups in total. The lowest BCUT2D eigenvalue weighted by Gasteiger charge is -2.22. The number of benzene rings is 1. The van der Waals surface area contributed by atoms with Gasteiger partial charge in [0.15, 0.2) is 5.75 Å². The Morgan fingerprint density at radius 2 is 2.07 bits per heavy atom. The number of carboxylic acid groups (broad SMARTS) is 1. The summed E-state index contributed by atoms with van der Waals surface area (Å²) in [6.45, 7) is 3.67. The van der Waals surface area contributed by atoms with Gasteiger partial charge in [0.1, 0.15) is 11.4 Å². The maximum absolute atomic E-state index is 15.4. The second kappa shape index (κ2) is 6.70. The molecular formula is C22H22FN3O4. The van der Waals surface area contributed by atoms with Gasteiger partial charge in [-0.2, -0.15) is 0 Å². The smallest absolute Gasteiger partial charge is 0.341 e. The van der Waals surface area contributed by atoms with Crippen LogP contribution in [0.5, 0.6) is 5.75 Å². The molecule has 1 atom stereocenters. The Balaban J connectivity index is 1.84. The van der Waals surface area contributed by atoms with Gasteiger partial charge in [-0.25, -0.2) is 9.18 Å². The normalized spacial score (nSPS) is 18.4. The van der Waals surface area contributed by atoms with Crippen LogP contribution < -0.4 is 15.5 Å². The van der Waals surface area contributed by atoms with Crippen molar-refractivity contribution in [1.29, 1.82) is 0 Å². The zero-order valence-corrected chi connectivity index (χ0v) is 16.7. The molecule has 5 rings (SSSR count). The van der Waals surface area contributed by atoms with Gasteiger partial charge in [0.25, 0.3) is 0 Å². The second-order valence-corrected chi connectivity index (χ2v) is 8.00. The predicted octanol–water partition coefficient (Wildman–Crippen LogP) is 3.32. The summed E-state index contributed by atoms with van der Waals surface area (Å²) in [5, 5.41) is 12.9. The number of carboxylic acids is 1. The molecule has 8 heteroatoms. The lowest BCUT2D eigenvalue weighted by Crippen LogP contribution is -2.30. The highest BCUT2D eigenvalue weighted by Gasteiger charge is 2.31. The molecular weight excluding hydrogens is 389 g/mol. The quantitative estimate of drug-likeness (QED) is 0.688. The maximum atomic E-state index is 15.4. The molecule has 1 unspecified atom stereocenters. The number of halogens is 1. The van der Waals surface area contributed by atoms with Gasteiger partial charge in [0.2, 0.25) is 5.43 Å². The summed E-state index contributed by atoms with van der Waals surface area (Å²) in [6, 6.07) is 3.31. The summed E-state index contributed by atoms with van der Waals surface area (Å²) < 4.78 is 24.9. The van der Waals surface area contributed by atoms with Crippen molar-refractivity contribution in [3.63, 3.8) is 0 Å². The van der Waals surface area contributed by atoms with E-state index in [1.54, 1.807) is 4.57 Å². The first kappa shape index (κ1) is 18.9. The first-order valence-corrected chi connectivity index (χ1v) is 10.0. The zero-order chi connectivity index (χ0) is 21.2. The summed E-state index contributed by atoms with van der Waals surface area (Å²) in [6.07, 6.45) is 5.02. The third-order valence-corrected chi connectivity index (χ3v) is 6.06. The summed E-state index contributed by atoms with van der Waals surface area (Å²) >= 11 is 0. The summed E-state index contributed by atoms with van der Waals surface area (Å²) in [4.78, 5) is 24.4. The first-order chi connectivity index (χ1) is 14.4. The Morgan fingerprint density at radius 3 is 2.70 bits per heavy atom. The number of rotatable bonds is 4. The predicted molar refractivity (Wildman–Crippen MR) is 110 cm³/mol. The van der Waals surface area contributed by atoms with Crippen molar-refractivity contribution in [2.45, 2.75) is 38.4 Å². The number of aromatic nitrogens is 2. The van der Waals surface area contributed by atoms with Gasteiger partial charge in [-0.05, 0) is 31.9 Å². The number of ether oxygens (including phenoxy) is 1. The van der Waals surface area contributed by atoms with Crippen LogP contribution in [0.3, 0.4) is 0 Å². The highest BCUT2D eigenvalue weighted by atomic mass is 19.1. The summed E-state index contributed by atoms with van der Waals surface area (Å²) in [5.41, 5.74) is 1.40. The average molecular weight is 411 g/mol. The fourth-order valence-corrected chi connectivity index (χ4v) is 4.45. The molecule has 1 aliphatic heterocycles. The molecule has 0 spiro atoms. The molecule has 3 aromatic rings. The Bertz CT molecular complexity index is 1260. The molecule has 1 fully saturated rings. The van der Waals surface area contributed by atoms with Gasteiger partial charge >= 0.3 is 5.97 Å². The first-order valence-electron chi connectivity index (χ1n) is 10.0. The Kier molecular flexibility index (Phi) is 4.21. The number of carbonyl (C=O) groups is 1. The molecule has 0 amide bonds. The minimum Gasteiger partial charge on any atom is -0.494 e. The largest absolute Gasteiger partial charge is 0.494 e. The van der Waals surface area contributed by atoms with Gasteiger partial charge in [-0.1, -0.05) is 0 Å². The van der Waals surface area contributed by atoms with Crippen molar-refractivity contribution in [2.75, 3.05) is 13.7 Å².